The number of carbonyl (C=O) groups excluding carboxylic acids is 3. The van der Waals surface area contributed by atoms with E-state index in [1.54, 1.807) is 42.3 Å². The van der Waals surface area contributed by atoms with E-state index < -0.39 is 12.0 Å². The molecule has 4 aromatic carbocycles. The first-order chi connectivity index (χ1) is 21.3. The lowest BCUT2D eigenvalue weighted by atomic mass is 10.00. The number of rotatable bonds is 14. The number of carbonyl (C=O) groups is 3. The van der Waals surface area contributed by atoms with Gasteiger partial charge in [-0.05, 0) is 42.0 Å². The highest BCUT2D eigenvalue weighted by atomic mass is 16.5. The van der Waals surface area contributed by atoms with Crippen molar-refractivity contribution in [3.05, 3.63) is 120 Å². The van der Waals surface area contributed by atoms with Crippen LogP contribution in [0.4, 0.5) is 11.4 Å². The van der Waals surface area contributed by atoms with Gasteiger partial charge in [-0.3, -0.25) is 9.59 Å². The summed E-state index contributed by atoms with van der Waals surface area (Å²) in [6.07, 6.45) is 0.327. The number of nitrogens with zero attached hydrogens (tertiary/aromatic N) is 1. The molecule has 0 bridgehead atoms. The Bertz CT molecular complexity index is 1550. The molecule has 44 heavy (non-hydrogen) atoms. The minimum Gasteiger partial charge on any atom is -0.497 e. The molecule has 1 atom stereocenters. The number of hydrogen-bond acceptors (Lipinski definition) is 7. The Kier molecular flexibility index (Phi) is 11.1. The molecule has 1 N–H and O–H groups in total. The summed E-state index contributed by atoms with van der Waals surface area (Å²) in [7, 11) is 2.93. The van der Waals surface area contributed by atoms with Gasteiger partial charge in [0.25, 0.3) is 0 Å². The highest BCUT2D eigenvalue weighted by Gasteiger charge is 2.23. The van der Waals surface area contributed by atoms with Crippen molar-refractivity contribution >= 4 is 29.0 Å². The Hall–Kier alpha value is -5.11. The number of hydrogen-bond donors (Lipinski definition) is 1. The van der Waals surface area contributed by atoms with Gasteiger partial charge < -0.3 is 24.4 Å². The van der Waals surface area contributed by atoms with Gasteiger partial charge >= 0.3 is 5.97 Å². The first-order valence-electron chi connectivity index (χ1n) is 14.5. The Labute approximate surface area is 258 Å². The molecule has 4 aromatic rings. The van der Waals surface area contributed by atoms with Gasteiger partial charge in [0.15, 0.2) is 5.78 Å². The number of ether oxygens (including phenoxy) is 3. The van der Waals surface area contributed by atoms with Gasteiger partial charge in [0.05, 0.1) is 20.8 Å². The number of methoxy groups -OCH3 is 2. The van der Waals surface area contributed by atoms with Gasteiger partial charge in [-0.25, -0.2) is 4.79 Å². The number of benzene rings is 4. The van der Waals surface area contributed by atoms with Gasteiger partial charge in [0.1, 0.15) is 24.1 Å². The molecule has 0 aliphatic carbocycles. The van der Waals surface area contributed by atoms with Crippen molar-refractivity contribution in [1.82, 2.24) is 0 Å². The van der Waals surface area contributed by atoms with Crippen LogP contribution in [0.15, 0.2) is 103 Å². The predicted molar refractivity (Wildman–Crippen MR) is 172 cm³/mol. The van der Waals surface area contributed by atoms with Crippen molar-refractivity contribution in [2.75, 3.05) is 37.6 Å². The van der Waals surface area contributed by atoms with Gasteiger partial charge in [0.2, 0.25) is 5.91 Å². The van der Waals surface area contributed by atoms with E-state index in [-0.39, 0.29) is 24.2 Å². The summed E-state index contributed by atoms with van der Waals surface area (Å²) in [5.41, 5.74) is 3.20. The van der Waals surface area contributed by atoms with Crippen LogP contribution in [0.3, 0.4) is 0 Å². The maximum atomic E-state index is 13.2. The van der Waals surface area contributed by atoms with Gasteiger partial charge in [-0.15, -0.1) is 0 Å². The van der Waals surface area contributed by atoms with Crippen molar-refractivity contribution in [2.45, 2.75) is 26.3 Å². The number of nitrogens with one attached hydrogen (secondary N) is 1. The summed E-state index contributed by atoms with van der Waals surface area (Å²) in [6, 6.07) is 30.2. The second-order valence-electron chi connectivity index (χ2n) is 10.5. The number of anilines is 2. The van der Waals surface area contributed by atoms with Gasteiger partial charge in [-0.2, -0.15) is 0 Å². The second-order valence-corrected chi connectivity index (χ2v) is 10.5. The van der Waals surface area contributed by atoms with Crippen molar-refractivity contribution in [1.29, 1.82) is 0 Å². The lowest BCUT2D eigenvalue weighted by molar-refractivity contribution is -0.141. The fourth-order valence-electron chi connectivity index (χ4n) is 4.74. The van der Waals surface area contributed by atoms with E-state index in [4.69, 9.17) is 14.2 Å². The summed E-state index contributed by atoms with van der Waals surface area (Å²) in [4.78, 5) is 40.6. The van der Waals surface area contributed by atoms with Crippen LogP contribution in [-0.2, 0) is 20.7 Å². The lowest BCUT2D eigenvalue weighted by Gasteiger charge is -2.25. The first kappa shape index (κ1) is 31.8. The Balaban J connectivity index is 1.42. The monoisotopic (exact) mass is 594 g/mol. The molecule has 0 aromatic heterocycles. The molecule has 4 rings (SSSR count). The molecule has 0 spiro atoms. The molecule has 1 amide bonds. The number of amides is 1. The zero-order valence-corrected chi connectivity index (χ0v) is 25.5. The van der Waals surface area contributed by atoms with Crippen LogP contribution in [0, 0.1) is 5.92 Å². The van der Waals surface area contributed by atoms with Gasteiger partial charge in [0, 0.05) is 40.9 Å². The Morgan fingerprint density at radius 1 is 0.795 bits per heavy atom. The number of esters is 1. The topological polar surface area (TPSA) is 94.2 Å². The minimum absolute atomic E-state index is 0.00871. The lowest BCUT2D eigenvalue weighted by Crippen LogP contribution is -2.37. The molecule has 0 saturated carbocycles. The first-order valence-corrected chi connectivity index (χ1v) is 14.5. The fourth-order valence-corrected chi connectivity index (χ4v) is 4.74. The molecule has 228 valence electrons. The van der Waals surface area contributed by atoms with E-state index in [0.717, 1.165) is 11.3 Å². The highest BCUT2D eigenvalue weighted by molar-refractivity contribution is 6.12. The third kappa shape index (κ3) is 8.25. The molecule has 8 heteroatoms. The van der Waals surface area contributed by atoms with E-state index in [1.807, 2.05) is 86.6 Å². The van der Waals surface area contributed by atoms with Crippen LogP contribution < -0.4 is 19.7 Å². The van der Waals surface area contributed by atoms with Gasteiger partial charge in [-0.1, -0.05) is 74.5 Å². The molecular weight excluding hydrogens is 556 g/mol. The molecule has 0 fully saturated rings. The molecular formula is C36H38N2O6. The summed E-state index contributed by atoms with van der Waals surface area (Å²) < 4.78 is 16.4. The average Bonchev–Trinajstić information content (AvgIpc) is 3.06. The molecule has 0 unspecified atom stereocenters. The largest absolute Gasteiger partial charge is 0.497 e. The maximum absolute atomic E-state index is 13.2. The normalized spacial score (nSPS) is 11.4. The molecule has 0 heterocycles. The summed E-state index contributed by atoms with van der Waals surface area (Å²) in [5, 5.41) is 3.23. The van der Waals surface area contributed by atoms with E-state index in [1.165, 1.54) is 7.11 Å². The number of ketones is 1. The molecule has 8 nitrogen and oxygen atoms in total. The van der Waals surface area contributed by atoms with Crippen molar-refractivity contribution in [3.8, 4) is 11.5 Å². The van der Waals surface area contributed by atoms with Crippen LogP contribution in [0.1, 0.15) is 35.3 Å². The van der Waals surface area contributed by atoms with Crippen molar-refractivity contribution in [3.63, 3.8) is 0 Å². The average molecular weight is 595 g/mol. The minimum atomic E-state index is -0.727. The smallest absolute Gasteiger partial charge is 0.328 e. The maximum Gasteiger partial charge on any atom is 0.328 e. The molecule has 0 aliphatic heterocycles. The van der Waals surface area contributed by atoms with Crippen LogP contribution in [0.25, 0.3) is 0 Å². The van der Waals surface area contributed by atoms with Crippen LogP contribution in [0.2, 0.25) is 0 Å². The Morgan fingerprint density at radius 2 is 1.50 bits per heavy atom. The molecule has 0 saturated heterocycles. The van der Waals surface area contributed by atoms with Crippen LogP contribution in [-0.4, -0.2) is 51.1 Å². The zero-order valence-electron chi connectivity index (χ0n) is 25.5. The molecule has 0 aliphatic rings. The van der Waals surface area contributed by atoms with E-state index in [9.17, 15) is 14.4 Å². The third-order valence-corrected chi connectivity index (χ3v) is 7.09. The van der Waals surface area contributed by atoms with E-state index in [2.05, 4.69) is 5.32 Å². The molecule has 0 radical (unpaired) electrons. The fraction of sp³-hybridized carbons (Fsp3) is 0.250. The second kappa shape index (κ2) is 15.4. The summed E-state index contributed by atoms with van der Waals surface area (Å²) in [6.45, 7) is 4.38. The zero-order chi connectivity index (χ0) is 31.5. The van der Waals surface area contributed by atoms with Crippen LogP contribution >= 0.6 is 0 Å². The number of para-hydroxylation sites is 1. The quantitative estimate of drug-likeness (QED) is 0.137. The van der Waals surface area contributed by atoms with E-state index >= 15 is 0 Å². The van der Waals surface area contributed by atoms with Crippen LogP contribution in [0.5, 0.6) is 11.5 Å². The Morgan fingerprint density at radius 3 is 2.18 bits per heavy atom. The summed E-state index contributed by atoms with van der Waals surface area (Å²) in [5.74, 6) is 0.536. The SMILES string of the molecule is COC(=O)[C@H](Cc1ccc(OCCN(C(=O)C(C)C)c2cccc(OC)c2)cc1)Nc1ccccc1C(=O)c1ccccc1. The van der Waals surface area contributed by atoms with E-state index in [0.29, 0.717) is 41.3 Å². The highest BCUT2D eigenvalue weighted by Crippen LogP contribution is 2.24. The predicted octanol–water partition coefficient (Wildman–Crippen LogP) is 6.19. The summed E-state index contributed by atoms with van der Waals surface area (Å²) >= 11 is 0. The van der Waals surface area contributed by atoms with Crippen molar-refractivity contribution < 1.29 is 28.6 Å². The third-order valence-electron chi connectivity index (χ3n) is 7.09. The standard InChI is InChI=1S/C36H38N2O6/c1-25(2)35(40)38(28-13-10-14-30(24-28)42-3)21-22-44-29-19-17-26(18-20-29)23-33(36(41)43-4)37-32-16-9-8-15-31(32)34(39)27-11-6-5-7-12-27/h5-20,24-25,33,37H,21-23H2,1-4H3/t33-/m0/s1. The van der Waals surface area contributed by atoms with Crippen molar-refractivity contribution in [2.24, 2.45) is 5.92 Å².